The number of hydrogen-bond acceptors (Lipinski definition) is 3. The van der Waals surface area contributed by atoms with E-state index < -0.39 is 0 Å². The highest BCUT2D eigenvalue weighted by atomic mass is 15.1. The topological polar surface area (TPSA) is 40.8 Å². The molecule has 1 heterocycles. The van der Waals surface area contributed by atoms with Crippen molar-refractivity contribution in [3.8, 4) is 0 Å². The summed E-state index contributed by atoms with van der Waals surface area (Å²) >= 11 is 0. The summed E-state index contributed by atoms with van der Waals surface area (Å²) in [5, 5.41) is 6.50. The highest BCUT2D eigenvalue weighted by molar-refractivity contribution is 5.58. The van der Waals surface area contributed by atoms with Gasteiger partial charge in [0.2, 0.25) is 17.5 Å². The number of anilines is 3. The summed E-state index contributed by atoms with van der Waals surface area (Å²) in [5.41, 5.74) is 2.39. The van der Waals surface area contributed by atoms with Crippen LogP contribution in [0.25, 0.3) is 0 Å². The van der Waals surface area contributed by atoms with Crippen LogP contribution in [0, 0.1) is 6.92 Å². The maximum absolute atomic E-state index is 4.53. The predicted octanol–water partition coefficient (Wildman–Crippen LogP) is 2.56. The van der Waals surface area contributed by atoms with Gasteiger partial charge in [0, 0.05) is 19.7 Å². The second-order valence-electron chi connectivity index (χ2n) is 4.56. The van der Waals surface area contributed by atoms with E-state index in [0.717, 1.165) is 29.6 Å². The molecule has 0 unspecified atom stereocenters. The zero-order valence-electron chi connectivity index (χ0n) is 12.0. The zero-order valence-corrected chi connectivity index (χ0v) is 12.0. The molecule has 4 nitrogen and oxygen atoms in total. The van der Waals surface area contributed by atoms with Gasteiger partial charge in [-0.3, -0.25) is 0 Å². The summed E-state index contributed by atoms with van der Waals surface area (Å²) < 4.78 is 2.02. The Bertz CT molecular complexity index is 561. The van der Waals surface area contributed by atoms with Gasteiger partial charge in [-0.15, -0.1) is 0 Å². The SMILES string of the molecule is CCc1ccc(Nc2cc(NC)[n+](C)c(C)n2)cc1. The van der Waals surface area contributed by atoms with E-state index in [0.29, 0.717) is 0 Å². The van der Waals surface area contributed by atoms with Crippen molar-refractivity contribution in [1.29, 1.82) is 0 Å². The molecule has 0 saturated carbocycles. The first-order valence-corrected chi connectivity index (χ1v) is 6.55. The summed E-state index contributed by atoms with van der Waals surface area (Å²) in [6, 6.07) is 10.4. The summed E-state index contributed by atoms with van der Waals surface area (Å²) in [7, 11) is 3.91. The number of aromatic nitrogens is 2. The second kappa shape index (κ2) is 5.69. The van der Waals surface area contributed by atoms with Crippen molar-refractivity contribution in [2.75, 3.05) is 17.7 Å². The van der Waals surface area contributed by atoms with Crippen LogP contribution in [-0.2, 0) is 13.5 Å². The molecule has 4 heteroatoms. The van der Waals surface area contributed by atoms with Gasteiger partial charge in [0.25, 0.3) is 0 Å². The highest BCUT2D eigenvalue weighted by Gasteiger charge is 2.11. The Morgan fingerprint density at radius 2 is 1.89 bits per heavy atom. The molecule has 2 rings (SSSR count). The third-order valence-corrected chi connectivity index (χ3v) is 3.29. The molecule has 2 N–H and O–H groups in total. The summed E-state index contributed by atoms with van der Waals surface area (Å²) in [6.45, 7) is 4.15. The van der Waals surface area contributed by atoms with Gasteiger partial charge in [-0.1, -0.05) is 24.0 Å². The Hall–Kier alpha value is -2.10. The Morgan fingerprint density at radius 1 is 1.21 bits per heavy atom. The van der Waals surface area contributed by atoms with Gasteiger partial charge in [-0.2, -0.15) is 0 Å². The molecule has 1 aromatic heterocycles. The molecular weight excluding hydrogens is 236 g/mol. The Kier molecular flexibility index (Phi) is 4.00. The van der Waals surface area contributed by atoms with Crippen LogP contribution < -0.4 is 15.2 Å². The van der Waals surface area contributed by atoms with E-state index in [1.54, 1.807) is 0 Å². The molecule has 0 aliphatic heterocycles. The average Bonchev–Trinajstić information content (AvgIpc) is 2.43. The van der Waals surface area contributed by atoms with Crippen LogP contribution >= 0.6 is 0 Å². The normalized spacial score (nSPS) is 10.3. The number of aryl methyl sites for hydroxylation is 2. The molecule has 0 aliphatic rings. The fourth-order valence-corrected chi connectivity index (χ4v) is 1.96. The van der Waals surface area contributed by atoms with E-state index >= 15 is 0 Å². The summed E-state index contributed by atoms with van der Waals surface area (Å²) in [6.07, 6.45) is 1.06. The van der Waals surface area contributed by atoms with Crippen molar-refractivity contribution in [3.05, 3.63) is 41.7 Å². The number of rotatable bonds is 4. The quantitative estimate of drug-likeness (QED) is 0.827. The molecule has 0 radical (unpaired) electrons. The first-order valence-electron chi connectivity index (χ1n) is 6.55. The van der Waals surface area contributed by atoms with Gasteiger partial charge in [0.15, 0.2) is 0 Å². The molecule has 0 saturated heterocycles. The Balaban J connectivity index is 2.25. The van der Waals surface area contributed by atoms with Gasteiger partial charge in [0.1, 0.15) is 0 Å². The first-order chi connectivity index (χ1) is 9.13. The van der Waals surface area contributed by atoms with Crippen molar-refractivity contribution in [1.82, 2.24) is 4.98 Å². The van der Waals surface area contributed by atoms with Crippen LogP contribution in [-0.4, -0.2) is 12.0 Å². The van der Waals surface area contributed by atoms with Crippen LogP contribution in [0.15, 0.2) is 30.3 Å². The first kappa shape index (κ1) is 13.3. The Labute approximate surface area is 114 Å². The van der Waals surface area contributed by atoms with Crippen molar-refractivity contribution in [2.45, 2.75) is 20.3 Å². The lowest BCUT2D eigenvalue weighted by Gasteiger charge is -2.08. The molecule has 0 fully saturated rings. The molecule has 0 spiro atoms. The van der Waals surface area contributed by atoms with E-state index in [2.05, 4.69) is 46.8 Å². The van der Waals surface area contributed by atoms with E-state index in [4.69, 9.17) is 0 Å². The van der Waals surface area contributed by atoms with E-state index in [1.165, 1.54) is 5.56 Å². The standard InChI is InChI=1S/C15H20N4/c1-5-12-6-8-13(9-7-12)18-14-10-15(16-3)19(4)11(2)17-14/h6-10H,5H2,1-4H3,(H,16,18)/p+1. The highest BCUT2D eigenvalue weighted by Crippen LogP contribution is 2.17. The van der Waals surface area contributed by atoms with Crippen LogP contribution in [0.1, 0.15) is 18.3 Å². The molecule has 0 amide bonds. The third-order valence-electron chi connectivity index (χ3n) is 3.29. The molecule has 100 valence electrons. The second-order valence-corrected chi connectivity index (χ2v) is 4.56. The number of hydrogen-bond donors (Lipinski definition) is 2. The van der Waals surface area contributed by atoms with Gasteiger partial charge in [0.05, 0.1) is 13.1 Å². The van der Waals surface area contributed by atoms with Gasteiger partial charge in [-0.25, -0.2) is 4.57 Å². The maximum Gasteiger partial charge on any atom is 0.237 e. The van der Waals surface area contributed by atoms with E-state index in [1.807, 2.05) is 31.7 Å². The van der Waals surface area contributed by atoms with Gasteiger partial charge < -0.3 is 10.6 Å². The minimum Gasteiger partial charge on any atom is -0.326 e. The average molecular weight is 257 g/mol. The third kappa shape index (κ3) is 3.02. The molecule has 2 aromatic rings. The van der Waals surface area contributed by atoms with Crippen LogP contribution in [0.5, 0.6) is 0 Å². The lowest BCUT2D eigenvalue weighted by atomic mass is 10.1. The summed E-state index contributed by atoms with van der Waals surface area (Å²) in [5.74, 6) is 2.84. The van der Waals surface area contributed by atoms with Crippen molar-refractivity contribution < 1.29 is 4.57 Å². The molecule has 19 heavy (non-hydrogen) atoms. The zero-order chi connectivity index (χ0) is 13.8. The number of benzene rings is 1. The lowest BCUT2D eigenvalue weighted by Crippen LogP contribution is -2.36. The van der Waals surface area contributed by atoms with E-state index in [9.17, 15) is 0 Å². The largest absolute Gasteiger partial charge is 0.326 e. The van der Waals surface area contributed by atoms with Gasteiger partial charge >= 0.3 is 0 Å². The van der Waals surface area contributed by atoms with Crippen molar-refractivity contribution in [2.24, 2.45) is 7.05 Å². The molecular formula is C15H21N4+. The van der Waals surface area contributed by atoms with Crippen LogP contribution in [0.2, 0.25) is 0 Å². The fourth-order valence-electron chi connectivity index (χ4n) is 1.96. The van der Waals surface area contributed by atoms with Gasteiger partial charge in [-0.05, 0) is 24.1 Å². The molecule has 0 bridgehead atoms. The minimum absolute atomic E-state index is 0.851. The molecule has 0 atom stereocenters. The summed E-state index contributed by atoms with van der Waals surface area (Å²) in [4.78, 5) is 4.53. The van der Waals surface area contributed by atoms with Crippen molar-refractivity contribution >= 4 is 17.3 Å². The minimum atomic E-state index is 0.851. The Morgan fingerprint density at radius 3 is 2.47 bits per heavy atom. The maximum atomic E-state index is 4.53. The smallest absolute Gasteiger partial charge is 0.237 e. The van der Waals surface area contributed by atoms with Crippen LogP contribution in [0.3, 0.4) is 0 Å². The van der Waals surface area contributed by atoms with Crippen molar-refractivity contribution in [3.63, 3.8) is 0 Å². The lowest BCUT2D eigenvalue weighted by molar-refractivity contribution is -0.666. The molecule has 0 aliphatic carbocycles. The monoisotopic (exact) mass is 257 g/mol. The predicted molar refractivity (Wildman–Crippen MR) is 78.8 cm³/mol. The number of nitrogens with one attached hydrogen (secondary N) is 2. The fraction of sp³-hybridized carbons (Fsp3) is 0.333. The van der Waals surface area contributed by atoms with E-state index in [-0.39, 0.29) is 0 Å². The number of nitrogens with zero attached hydrogens (tertiary/aromatic N) is 2. The molecule has 1 aromatic carbocycles. The van der Waals surface area contributed by atoms with Crippen LogP contribution in [0.4, 0.5) is 17.3 Å².